The summed E-state index contributed by atoms with van der Waals surface area (Å²) in [4.78, 5) is 18.2. The minimum Gasteiger partial charge on any atom is -0.394 e. The standard InChI is InChI=1S/C14H24N4O2/c1-4-11(10-19)16-14(20)17-12-7-8-13(15-9-12)18(5-2)6-3/h7-9,11,19H,4-6,10H2,1-3H3,(H2,16,17,20)/t11-/m1/s1. The Labute approximate surface area is 120 Å². The maximum Gasteiger partial charge on any atom is 0.319 e. The van der Waals surface area contributed by atoms with Gasteiger partial charge in [-0.25, -0.2) is 9.78 Å². The van der Waals surface area contributed by atoms with E-state index >= 15 is 0 Å². The number of aliphatic hydroxyl groups is 1. The van der Waals surface area contributed by atoms with Crippen LogP contribution in [0.1, 0.15) is 27.2 Å². The second-order valence-electron chi connectivity index (χ2n) is 4.46. The number of carbonyl (C=O) groups is 1. The fraction of sp³-hybridized carbons (Fsp3) is 0.571. The molecule has 0 aliphatic rings. The second-order valence-corrected chi connectivity index (χ2v) is 4.46. The van der Waals surface area contributed by atoms with E-state index in [1.54, 1.807) is 6.20 Å². The maximum absolute atomic E-state index is 11.7. The molecule has 1 aromatic heterocycles. The zero-order valence-corrected chi connectivity index (χ0v) is 12.4. The minimum atomic E-state index is -0.330. The number of carbonyl (C=O) groups excluding carboxylic acids is 1. The molecule has 0 spiro atoms. The predicted molar refractivity (Wildman–Crippen MR) is 81.1 cm³/mol. The molecule has 6 nitrogen and oxygen atoms in total. The number of nitrogens with one attached hydrogen (secondary N) is 2. The normalized spacial score (nSPS) is 11.8. The SMILES string of the molecule is CC[C@H](CO)NC(=O)Nc1ccc(N(CC)CC)nc1. The third-order valence-electron chi connectivity index (χ3n) is 3.14. The first-order chi connectivity index (χ1) is 9.64. The van der Waals surface area contributed by atoms with Gasteiger partial charge in [0.2, 0.25) is 0 Å². The summed E-state index contributed by atoms with van der Waals surface area (Å²) >= 11 is 0. The topological polar surface area (TPSA) is 77.5 Å². The average Bonchev–Trinajstić information content (AvgIpc) is 2.47. The van der Waals surface area contributed by atoms with Crippen LogP contribution in [-0.2, 0) is 0 Å². The van der Waals surface area contributed by atoms with E-state index in [0.29, 0.717) is 12.1 Å². The molecule has 0 aliphatic heterocycles. The molecule has 20 heavy (non-hydrogen) atoms. The van der Waals surface area contributed by atoms with E-state index in [2.05, 4.69) is 34.4 Å². The van der Waals surface area contributed by atoms with Crippen molar-refractivity contribution in [3.63, 3.8) is 0 Å². The van der Waals surface area contributed by atoms with Gasteiger partial charge in [-0.2, -0.15) is 0 Å². The number of aromatic nitrogens is 1. The molecule has 0 saturated heterocycles. The van der Waals surface area contributed by atoms with Crippen LogP contribution in [0.5, 0.6) is 0 Å². The number of hydrogen-bond donors (Lipinski definition) is 3. The molecule has 0 aromatic carbocycles. The fourth-order valence-electron chi connectivity index (χ4n) is 1.82. The van der Waals surface area contributed by atoms with Gasteiger partial charge in [0.05, 0.1) is 24.5 Å². The van der Waals surface area contributed by atoms with Gasteiger partial charge < -0.3 is 20.6 Å². The lowest BCUT2D eigenvalue weighted by molar-refractivity contribution is 0.222. The molecule has 1 aromatic rings. The minimum absolute atomic E-state index is 0.0664. The molecule has 1 heterocycles. The van der Waals surface area contributed by atoms with Crippen LogP contribution >= 0.6 is 0 Å². The van der Waals surface area contributed by atoms with Crippen molar-refractivity contribution in [3.8, 4) is 0 Å². The van der Waals surface area contributed by atoms with Crippen LogP contribution in [0.4, 0.5) is 16.3 Å². The van der Waals surface area contributed by atoms with Crippen molar-refractivity contribution in [3.05, 3.63) is 18.3 Å². The highest BCUT2D eigenvalue weighted by Crippen LogP contribution is 2.13. The fourth-order valence-corrected chi connectivity index (χ4v) is 1.82. The third-order valence-corrected chi connectivity index (χ3v) is 3.14. The first-order valence-electron chi connectivity index (χ1n) is 7.03. The Kier molecular flexibility index (Phi) is 6.79. The summed E-state index contributed by atoms with van der Waals surface area (Å²) in [5.41, 5.74) is 0.631. The molecule has 2 amide bonds. The number of aliphatic hydroxyl groups excluding tert-OH is 1. The zero-order valence-electron chi connectivity index (χ0n) is 12.4. The van der Waals surface area contributed by atoms with Gasteiger partial charge in [0, 0.05) is 13.1 Å². The summed E-state index contributed by atoms with van der Waals surface area (Å²) in [7, 11) is 0. The molecular formula is C14H24N4O2. The number of nitrogens with zero attached hydrogens (tertiary/aromatic N) is 2. The molecule has 0 aliphatic carbocycles. The van der Waals surface area contributed by atoms with Crippen LogP contribution in [-0.4, -0.2) is 41.9 Å². The van der Waals surface area contributed by atoms with Crippen molar-refractivity contribution >= 4 is 17.5 Å². The summed E-state index contributed by atoms with van der Waals surface area (Å²) in [6.07, 6.45) is 2.32. The van der Waals surface area contributed by atoms with Crippen LogP contribution < -0.4 is 15.5 Å². The average molecular weight is 280 g/mol. The first kappa shape index (κ1) is 16.2. The van der Waals surface area contributed by atoms with E-state index < -0.39 is 0 Å². The van der Waals surface area contributed by atoms with Crippen LogP contribution in [0.25, 0.3) is 0 Å². The van der Waals surface area contributed by atoms with Crippen molar-refractivity contribution in [2.45, 2.75) is 33.2 Å². The Balaban J connectivity index is 2.59. The van der Waals surface area contributed by atoms with Crippen LogP contribution in [0, 0.1) is 0 Å². The second kappa shape index (κ2) is 8.37. The summed E-state index contributed by atoms with van der Waals surface area (Å²) < 4.78 is 0. The molecule has 1 rings (SSSR count). The highest BCUT2D eigenvalue weighted by molar-refractivity contribution is 5.89. The highest BCUT2D eigenvalue weighted by atomic mass is 16.3. The Morgan fingerprint density at radius 2 is 2.05 bits per heavy atom. The van der Waals surface area contributed by atoms with Crippen LogP contribution in [0.15, 0.2) is 18.3 Å². The molecule has 112 valence electrons. The first-order valence-corrected chi connectivity index (χ1v) is 7.03. The van der Waals surface area contributed by atoms with Gasteiger partial charge in [0.1, 0.15) is 5.82 Å². The molecule has 3 N–H and O–H groups in total. The van der Waals surface area contributed by atoms with Crippen molar-refractivity contribution in [1.29, 1.82) is 0 Å². The van der Waals surface area contributed by atoms with Crippen molar-refractivity contribution in [2.24, 2.45) is 0 Å². The number of rotatable bonds is 7. The Morgan fingerprint density at radius 1 is 1.35 bits per heavy atom. The summed E-state index contributed by atoms with van der Waals surface area (Å²) in [6.45, 7) is 7.77. The molecule has 1 atom stereocenters. The Bertz CT molecular complexity index is 400. The smallest absolute Gasteiger partial charge is 0.319 e. The van der Waals surface area contributed by atoms with Gasteiger partial charge in [-0.05, 0) is 32.4 Å². The monoisotopic (exact) mass is 280 g/mol. The number of urea groups is 1. The van der Waals surface area contributed by atoms with Gasteiger partial charge in [0.15, 0.2) is 0 Å². The molecule has 0 fully saturated rings. The van der Waals surface area contributed by atoms with Gasteiger partial charge in [-0.15, -0.1) is 0 Å². The molecule has 0 radical (unpaired) electrons. The lowest BCUT2D eigenvalue weighted by Gasteiger charge is -2.20. The Hall–Kier alpha value is -1.82. The summed E-state index contributed by atoms with van der Waals surface area (Å²) in [5, 5.41) is 14.4. The predicted octanol–water partition coefficient (Wildman–Crippen LogP) is 1.82. The lowest BCUT2D eigenvalue weighted by atomic mass is 10.2. The summed E-state index contributed by atoms with van der Waals surface area (Å²) in [6, 6.07) is 3.15. The van der Waals surface area contributed by atoms with Gasteiger partial charge in [-0.3, -0.25) is 0 Å². The van der Waals surface area contributed by atoms with Gasteiger partial charge in [0.25, 0.3) is 0 Å². The number of anilines is 2. The lowest BCUT2D eigenvalue weighted by Crippen LogP contribution is -2.39. The largest absolute Gasteiger partial charge is 0.394 e. The molecule has 0 saturated carbocycles. The molecular weight excluding hydrogens is 256 g/mol. The van der Waals surface area contributed by atoms with Crippen LogP contribution in [0.2, 0.25) is 0 Å². The number of pyridine rings is 1. The van der Waals surface area contributed by atoms with E-state index in [4.69, 9.17) is 5.11 Å². The van der Waals surface area contributed by atoms with Crippen LogP contribution in [0.3, 0.4) is 0 Å². The van der Waals surface area contributed by atoms with E-state index in [1.807, 2.05) is 19.1 Å². The third kappa shape index (κ3) is 4.70. The van der Waals surface area contributed by atoms with Crippen molar-refractivity contribution < 1.29 is 9.90 Å². The van der Waals surface area contributed by atoms with E-state index in [0.717, 1.165) is 18.9 Å². The van der Waals surface area contributed by atoms with Gasteiger partial charge in [-0.1, -0.05) is 6.92 Å². The molecule has 6 heteroatoms. The Morgan fingerprint density at radius 3 is 2.50 bits per heavy atom. The molecule has 0 unspecified atom stereocenters. The maximum atomic E-state index is 11.7. The van der Waals surface area contributed by atoms with Crippen molar-refractivity contribution in [1.82, 2.24) is 10.3 Å². The number of hydrogen-bond acceptors (Lipinski definition) is 4. The number of amides is 2. The zero-order chi connectivity index (χ0) is 15.0. The van der Waals surface area contributed by atoms with E-state index in [1.165, 1.54) is 0 Å². The highest BCUT2D eigenvalue weighted by Gasteiger charge is 2.09. The van der Waals surface area contributed by atoms with E-state index in [9.17, 15) is 4.79 Å². The van der Waals surface area contributed by atoms with E-state index in [-0.39, 0.29) is 18.7 Å². The summed E-state index contributed by atoms with van der Waals surface area (Å²) in [5.74, 6) is 0.891. The van der Waals surface area contributed by atoms with Crippen molar-refractivity contribution in [2.75, 3.05) is 29.9 Å². The van der Waals surface area contributed by atoms with Gasteiger partial charge >= 0.3 is 6.03 Å². The molecule has 0 bridgehead atoms. The quantitative estimate of drug-likeness (QED) is 0.712.